The molecule has 0 bridgehead atoms. The first kappa shape index (κ1) is 9.42. The third-order valence-electron chi connectivity index (χ3n) is 1.52. The zero-order chi connectivity index (χ0) is 8.97. The molecule has 0 unspecified atom stereocenters. The van der Waals surface area contributed by atoms with Crippen molar-refractivity contribution >= 4 is 22.2 Å². The van der Waals surface area contributed by atoms with Gasteiger partial charge < -0.3 is 5.73 Å². The zero-order valence-electron chi connectivity index (χ0n) is 6.46. The van der Waals surface area contributed by atoms with Crippen LogP contribution in [0.2, 0.25) is 0 Å². The maximum Gasteiger partial charge on any atom is 0.217 e. The number of hydrogen-bond acceptors (Lipinski definition) is 2. The Labute approximate surface area is 79.9 Å². The van der Waals surface area contributed by atoms with Crippen molar-refractivity contribution in [2.45, 2.75) is 12.5 Å². The molecule has 0 aromatic heterocycles. The minimum atomic E-state index is -0.508. The molecule has 0 aliphatic carbocycles. The highest BCUT2D eigenvalue weighted by Crippen LogP contribution is 2.11. The van der Waals surface area contributed by atoms with Crippen LogP contribution in [-0.4, -0.2) is 12.3 Å². The molecule has 1 radical (unpaired) electrons. The first-order valence-corrected chi connectivity index (χ1v) is 4.39. The zero-order valence-corrected chi connectivity index (χ0v) is 8.04. The van der Waals surface area contributed by atoms with Gasteiger partial charge in [0.2, 0.25) is 6.29 Å². The van der Waals surface area contributed by atoms with Gasteiger partial charge in [-0.05, 0) is 24.1 Å². The second-order valence-electron chi connectivity index (χ2n) is 2.55. The Balaban J connectivity index is 2.64. The van der Waals surface area contributed by atoms with Crippen molar-refractivity contribution in [3.63, 3.8) is 0 Å². The van der Waals surface area contributed by atoms with Crippen molar-refractivity contribution in [2.24, 2.45) is 5.73 Å². The Bertz CT molecular complexity index is 258. The number of hydrogen-bond donors (Lipinski definition) is 1. The number of halogens is 1. The molecule has 12 heavy (non-hydrogen) atoms. The van der Waals surface area contributed by atoms with E-state index >= 15 is 0 Å². The molecular formula is C9H9BrNO. The van der Waals surface area contributed by atoms with Crippen LogP contribution in [0.5, 0.6) is 0 Å². The first-order chi connectivity index (χ1) is 5.72. The normalized spacial score (nSPS) is 12.5. The molecule has 0 heterocycles. The van der Waals surface area contributed by atoms with Crippen molar-refractivity contribution in [1.82, 2.24) is 0 Å². The molecule has 1 rings (SSSR count). The standard InChI is InChI=1S/C9H9BrNO/c10-8-3-1-7(2-4-8)5-9(11)6-12/h1-4,9H,5,11H2/t9-/m0/s1. The fraction of sp³-hybridized carbons (Fsp3) is 0.222. The smallest absolute Gasteiger partial charge is 0.217 e. The fourth-order valence-electron chi connectivity index (χ4n) is 0.916. The summed E-state index contributed by atoms with van der Waals surface area (Å²) < 4.78 is 1.02. The van der Waals surface area contributed by atoms with E-state index in [9.17, 15) is 4.79 Å². The Hall–Kier alpha value is -0.670. The first-order valence-electron chi connectivity index (χ1n) is 3.60. The van der Waals surface area contributed by atoms with Crippen molar-refractivity contribution < 1.29 is 4.79 Å². The van der Waals surface area contributed by atoms with E-state index in [4.69, 9.17) is 5.73 Å². The molecule has 1 aromatic rings. The second-order valence-corrected chi connectivity index (χ2v) is 3.47. The van der Waals surface area contributed by atoms with Crippen molar-refractivity contribution in [3.05, 3.63) is 34.3 Å². The Kier molecular flexibility index (Phi) is 3.44. The molecule has 3 heteroatoms. The van der Waals surface area contributed by atoms with Crippen LogP contribution < -0.4 is 5.73 Å². The predicted molar refractivity (Wildman–Crippen MR) is 51.5 cm³/mol. The van der Waals surface area contributed by atoms with E-state index in [0.717, 1.165) is 10.0 Å². The van der Waals surface area contributed by atoms with Crippen molar-refractivity contribution in [3.8, 4) is 0 Å². The third kappa shape index (κ3) is 2.75. The summed E-state index contributed by atoms with van der Waals surface area (Å²) >= 11 is 3.32. The van der Waals surface area contributed by atoms with Gasteiger partial charge in [0.1, 0.15) is 0 Å². The molecule has 0 saturated carbocycles. The van der Waals surface area contributed by atoms with Crippen LogP contribution in [0, 0.1) is 0 Å². The van der Waals surface area contributed by atoms with Crippen LogP contribution >= 0.6 is 15.9 Å². The van der Waals surface area contributed by atoms with Gasteiger partial charge in [-0.2, -0.15) is 0 Å². The van der Waals surface area contributed by atoms with Gasteiger partial charge in [-0.25, -0.2) is 0 Å². The summed E-state index contributed by atoms with van der Waals surface area (Å²) in [5.41, 5.74) is 6.46. The topological polar surface area (TPSA) is 43.1 Å². The van der Waals surface area contributed by atoms with Gasteiger partial charge in [0.25, 0.3) is 0 Å². The lowest BCUT2D eigenvalue weighted by molar-refractivity contribution is 0.541. The minimum Gasteiger partial charge on any atom is -0.321 e. The molecule has 1 atom stereocenters. The predicted octanol–water partition coefficient (Wildman–Crippen LogP) is 1.43. The lowest BCUT2D eigenvalue weighted by atomic mass is 10.1. The SMILES string of the molecule is N[C@H]([C]=O)Cc1ccc(Br)cc1. The molecule has 63 valence electrons. The monoisotopic (exact) mass is 226 g/mol. The average Bonchev–Trinajstić information content (AvgIpc) is 2.09. The summed E-state index contributed by atoms with van der Waals surface area (Å²) in [5, 5.41) is 0. The third-order valence-corrected chi connectivity index (χ3v) is 2.05. The highest BCUT2D eigenvalue weighted by Gasteiger charge is 2.01. The van der Waals surface area contributed by atoms with E-state index in [1.807, 2.05) is 24.3 Å². The molecule has 2 N–H and O–H groups in total. The van der Waals surface area contributed by atoms with Gasteiger partial charge in [0, 0.05) is 4.47 Å². The minimum absolute atomic E-state index is 0.508. The van der Waals surface area contributed by atoms with E-state index in [0.29, 0.717) is 6.42 Å². The van der Waals surface area contributed by atoms with Crippen LogP contribution in [0.4, 0.5) is 0 Å². The Morgan fingerprint density at radius 2 is 2.00 bits per heavy atom. The van der Waals surface area contributed by atoms with Gasteiger partial charge >= 0.3 is 0 Å². The Morgan fingerprint density at radius 3 is 2.50 bits per heavy atom. The molecule has 0 aliphatic heterocycles. The van der Waals surface area contributed by atoms with Gasteiger partial charge in [-0.3, -0.25) is 4.79 Å². The molecule has 0 spiro atoms. The molecule has 2 nitrogen and oxygen atoms in total. The number of rotatable bonds is 3. The van der Waals surface area contributed by atoms with Crippen molar-refractivity contribution in [1.29, 1.82) is 0 Å². The molecule has 0 amide bonds. The average molecular weight is 227 g/mol. The van der Waals surface area contributed by atoms with Gasteiger partial charge in [0.05, 0.1) is 6.04 Å². The number of nitrogens with two attached hydrogens (primary N) is 1. The number of benzene rings is 1. The van der Waals surface area contributed by atoms with Crippen molar-refractivity contribution in [2.75, 3.05) is 0 Å². The highest BCUT2D eigenvalue weighted by atomic mass is 79.9. The van der Waals surface area contributed by atoms with Crippen LogP contribution in [0.1, 0.15) is 5.56 Å². The molecule has 0 aliphatic rings. The summed E-state index contributed by atoms with van der Waals surface area (Å²) in [5.74, 6) is 0. The summed E-state index contributed by atoms with van der Waals surface area (Å²) in [6, 6.07) is 7.20. The van der Waals surface area contributed by atoms with Gasteiger partial charge in [-0.15, -0.1) is 0 Å². The summed E-state index contributed by atoms with van der Waals surface area (Å²) in [6.45, 7) is 0. The van der Waals surface area contributed by atoms with Gasteiger partial charge in [0.15, 0.2) is 0 Å². The van der Waals surface area contributed by atoms with E-state index in [-0.39, 0.29) is 0 Å². The summed E-state index contributed by atoms with van der Waals surface area (Å²) in [4.78, 5) is 10.1. The molecular weight excluding hydrogens is 218 g/mol. The quantitative estimate of drug-likeness (QED) is 0.848. The van der Waals surface area contributed by atoms with E-state index in [2.05, 4.69) is 15.9 Å². The lowest BCUT2D eigenvalue weighted by Gasteiger charge is -2.02. The molecule has 1 aromatic carbocycles. The van der Waals surface area contributed by atoms with E-state index in [1.165, 1.54) is 0 Å². The number of carbonyl (C=O) groups excluding carboxylic acids is 1. The highest BCUT2D eigenvalue weighted by molar-refractivity contribution is 9.10. The Morgan fingerprint density at radius 1 is 1.42 bits per heavy atom. The lowest BCUT2D eigenvalue weighted by Crippen LogP contribution is -2.23. The van der Waals surface area contributed by atoms with E-state index < -0.39 is 6.04 Å². The summed E-state index contributed by atoms with van der Waals surface area (Å²) in [6.07, 6.45) is 2.30. The molecule has 0 saturated heterocycles. The van der Waals surface area contributed by atoms with Crippen LogP contribution in [0.25, 0.3) is 0 Å². The van der Waals surface area contributed by atoms with Gasteiger partial charge in [-0.1, -0.05) is 28.1 Å². The second kappa shape index (κ2) is 4.38. The van der Waals surface area contributed by atoms with E-state index in [1.54, 1.807) is 6.29 Å². The molecule has 0 fully saturated rings. The fourth-order valence-corrected chi connectivity index (χ4v) is 1.18. The largest absolute Gasteiger partial charge is 0.321 e. The van der Waals surface area contributed by atoms with Crippen LogP contribution in [0.15, 0.2) is 28.7 Å². The van der Waals surface area contributed by atoms with Crippen LogP contribution in [-0.2, 0) is 11.2 Å². The summed E-state index contributed by atoms with van der Waals surface area (Å²) in [7, 11) is 0. The van der Waals surface area contributed by atoms with Crippen LogP contribution in [0.3, 0.4) is 0 Å². The maximum absolute atomic E-state index is 10.1. The maximum atomic E-state index is 10.1.